The summed E-state index contributed by atoms with van der Waals surface area (Å²) < 4.78 is 10.9. The van der Waals surface area contributed by atoms with Crippen molar-refractivity contribution in [3.63, 3.8) is 0 Å². The van der Waals surface area contributed by atoms with Gasteiger partial charge in [-0.1, -0.05) is 37.8 Å². The van der Waals surface area contributed by atoms with Gasteiger partial charge in [-0.05, 0) is 47.9 Å². The number of carbonyl (C=O) groups excluding carboxylic acids is 1. The highest BCUT2D eigenvalue weighted by molar-refractivity contribution is 5.91. The van der Waals surface area contributed by atoms with Crippen LogP contribution in [0.25, 0.3) is 6.08 Å². The highest BCUT2D eigenvalue weighted by Gasteiger charge is 2.11. The molecule has 0 atom stereocenters. The van der Waals surface area contributed by atoms with Gasteiger partial charge < -0.3 is 14.4 Å². The van der Waals surface area contributed by atoms with E-state index in [9.17, 15) is 4.79 Å². The van der Waals surface area contributed by atoms with E-state index in [1.54, 1.807) is 42.4 Å². The lowest BCUT2D eigenvalue weighted by Crippen LogP contribution is -2.29. The normalized spacial score (nSPS) is 10.4. The first kappa shape index (κ1) is 21.8. The first-order valence-electron chi connectivity index (χ1n) is 9.49. The fraction of sp³-hybridized carbons (Fsp3) is 0.250. The summed E-state index contributed by atoms with van der Waals surface area (Å²) in [5.74, 6) is 1.16. The predicted octanol–water partition coefficient (Wildman–Crippen LogP) is 4.58. The number of methoxy groups -OCH3 is 1. The summed E-state index contributed by atoms with van der Waals surface area (Å²) in [4.78, 5) is 14.5. The standard InChI is InChI=1S/C24H26N2O3/c1-4-14-26(18-21-8-6-20(17-25)7-9-21)24(27)13-11-19-10-12-22(29-15-5-2)23(16-19)28-3/h5-13,16H,2,4,14-15,18H2,1,3H3/b13-11+. The molecular formula is C24H26N2O3. The Kier molecular flexibility index (Phi) is 8.52. The van der Waals surface area contributed by atoms with E-state index in [2.05, 4.69) is 12.6 Å². The van der Waals surface area contributed by atoms with E-state index < -0.39 is 0 Å². The number of benzene rings is 2. The first-order chi connectivity index (χ1) is 14.1. The zero-order chi connectivity index (χ0) is 21.1. The van der Waals surface area contributed by atoms with Crippen LogP contribution < -0.4 is 9.47 Å². The molecule has 150 valence electrons. The fourth-order valence-electron chi connectivity index (χ4n) is 2.77. The summed E-state index contributed by atoms with van der Waals surface area (Å²) in [6.45, 7) is 7.22. The van der Waals surface area contributed by atoms with Crippen molar-refractivity contribution >= 4 is 12.0 Å². The van der Waals surface area contributed by atoms with Gasteiger partial charge in [0.05, 0.1) is 18.7 Å². The Morgan fingerprint density at radius 1 is 1.21 bits per heavy atom. The molecule has 2 aromatic rings. The van der Waals surface area contributed by atoms with Crippen molar-refractivity contribution in [2.45, 2.75) is 19.9 Å². The topological polar surface area (TPSA) is 62.6 Å². The molecule has 0 heterocycles. The highest BCUT2D eigenvalue weighted by atomic mass is 16.5. The third kappa shape index (κ3) is 6.54. The van der Waals surface area contributed by atoms with Gasteiger partial charge in [-0.2, -0.15) is 5.26 Å². The van der Waals surface area contributed by atoms with Crippen LogP contribution in [0.3, 0.4) is 0 Å². The summed E-state index contributed by atoms with van der Waals surface area (Å²) in [5, 5.41) is 8.91. The van der Waals surface area contributed by atoms with Crippen LogP contribution in [0.15, 0.2) is 61.2 Å². The van der Waals surface area contributed by atoms with E-state index in [0.29, 0.717) is 36.8 Å². The zero-order valence-corrected chi connectivity index (χ0v) is 16.9. The second kappa shape index (κ2) is 11.4. The summed E-state index contributed by atoms with van der Waals surface area (Å²) in [6.07, 6.45) is 5.86. The van der Waals surface area contributed by atoms with Crippen LogP contribution in [0.4, 0.5) is 0 Å². The molecule has 5 nitrogen and oxygen atoms in total. The summed E-state index contributed by atoms with van der Waals surface area (Å²) in [7, 11) is 1.58. The SMILES string of the molecule is C=CCOc1ccc(/C=C/C(=O)N(CCC)Cc2ccc(C#N)cc2)cc1OC. The smallest absolute Gasteiger partial charge is 0.246 e. The Balaban J connectivity index is 2.10. The molecule has 0 saturated carbocycles. The average molecular weight is 390 g/mol. The Hall–Kier alpha value is -3.52. The van der Waals surface area contributed by atoms with E-state index in [-0.39, 0.29) is 5.91 Å². The van der Waals surface area contributed by atoms with Gasteiger partial charge in [0.2, 0.25) is 5.91 Å². The Bertz CT molecular complexity index is 895. The second-order valence-corrected chi connectivity index (χ2v) is 6.41. The molecule has 0 unspecified atom stereocenters. The highest BCUT2D eigenvalue weighted by Crippen LogP contribution is 2.28. The molecule has 29 heavy (non-hydrogen) atoms. The monoisotopic (exact) mass is 390 g/mol. The first-order valence-corrected chi connectivity index (χ1v) is 9.49. The third-order valence-corrected chi connectivity index (χ3v) is 4.22. The van der Waals surface area contributed by atoms with Crippen LogP contribution in [0.2, 0.25) is 0 Å². The molecule has 2 rings (SSSR count). The predicted molar refractivity (Wildman–Crippen MR) is 115 cm³/mol. The molecule has 0 saturated heterocycles. The van der Waals surface area contributed by atoms with Gasteiger partial charge in [0.1, 0.15) is 6.61 Å². The van der Waals surface area contributed by atoms with E-state index in [0.717, 1.165) is 17.5 Å². The molecule has 0 spiro atoms. The van der Waals surface area contributed by atoms with Crippen LogP contribution >= 0.6 is 0 Å². The van der Waals surface area contributed by atoms with Crippen LogP contribution in [0.5, 0.6) is 11.5 Å². The summed E-state index contributed by atoms with van der Waals surface area (Å²) in [5.41, 5.74) is 2.44. The molecule has 5 heteroatoms. The van der Waals surface area contributed by atoms with Crippen molar-refractivity contribution in [1.29, 1.82) is 5.26 Å². The maximum atomic E-state index is 12.7. The van der Waals surface area contributed by atoms with Crippen molar-refractivity contribution < 1.29 is 14.3 Å². The van der Waals surface area contributed by atoms with Gasteiger partial charge in [-0.3, -0.25) is 4.79 Å². The lowest BCUT2D eigenvalue weighted by molar-refractivity contribution is -0.126. The van der Waals surface area contributed by atoms with Crippen LogP contribution in [-0.4, -0.2) is 31.1 Å². The molecule has 0 fully saturated rings. The van der Waals surface area contributed by atoms with Crippen molar-refractivity contribution in [1.82, 2.24) is 4.90 Å². The Labute approximate surface area is 172 Å². The minimum absolute atomic E-state index is 0.0674. The maximum absolute atomic E-state index is 12.7. The molecule has 1 amide bonds. The summed E-state index contributed by atoms with van der Waals surface area (Å²) >= 11 is 0. The lowest BCUT2D eigenvalue weighted by Gasteiger charge is -2.20. The third-order valence-electron chi connectivity index (χ3n) is 4.22. The van der Waals surface area contributed by atoms with Crippen molar-refractivity contribution in [3.05, 3.63) is 77.9 Å². The average Bonchev–Trinajstić information content (AvgIpc) is 2.76. The van der Waals surface area contributed by atoms with E-state index in [1.807, 2.05) is 37.3 Å². The van der Waals surface area contributed by atoms with E-state index >= 15 is 0 Å². The molecule has 0 N–H and O–H groups in total. The van der Waals surface area contributed by atoms with Crippen LogP contribution in [0.1, 0.15) is 30.0 Å². The maximum Gasteiger partial charge on any atom is 0.246 e. The molecule has 0 radical (unpaired) electrons. The van der Waals surface area contributed by atoms with Crippen molar-refractivity contribution in [3.8, 4) is 17.6 Å². The van der Waals surface area contributed by atoms with Crippen LogP contribution in [0, 0.1) is 11.3 Å². The number of nitriles is 1. The molecule has 0 aliphatic carbocycles. The van der Waals surface area contributed by atoms with Crippen molar-refractivity contribution in [2.75, 3.05) is 20.3 Å². The molecule has 0 aliphatic heterocycles. The van der Waals surface area contributed by atoms with E-state index in [4.69, 9.17) is 14.7 Å². The number of amides is 1. The number of ether oxygens (including phenoxy) is 2. The van der Waals surface area contributed by atoms with Gasteiger partial charge >= 0.3 is 0 Å². The number of hydrogen-bond donors (Lipinski definition) is 0. The summed E-state index contributed by atoms with van der Waals surface area (Å²) in [6, 6.07) is 14.9. The van der Waals surface area contributed by atoms with Gasteiger partial charge in [-0.15, -0.1) is 0 Å². The van der Waals surface area contributed by atoms with Gasteiger partial charge in [-0.25, -0.2) is 0 Å². The Morgan fingerprint density at radius 3 is 2.59 bits per heavy atom. The number of hydrogen-bond acceptors (Lipinski definition) is 4. The fourth-order valence-corrected chi connectivity index (χ4v) is 2.77. The minimum Gasteiger partial charge on any atom is -0.493 e. The van der Waals surface area contributed by atoms with Gasteiger partial charge in [0.25, 0.3) is 0 Å². The van der Waals surface area contributed by atoms with Gasteiger partial charge in [0, 0.05) is 19.2 Å². The molecule has 0 bridgehead atoms. The van der Waals surface area contributed by atoms with Crippen LogP contribution in [-0.2, 0) is 11.3 Å². The second-order valence-electron chi connectivity index (χ2n) is 6.41. The number of carbonyl (C=O) groups is 1. The lowest BCUT2D eigenvalue weighted by atomic mass is 10.1. The zero-order valence-electron chi connectivity index (χ0n) is 16.9. The molecule has 0 aliphatic rings. The number of rotatable bonds is 10. The van der Waals surface area contributed by atoms with Crippen molar-refractivity contribution in [2.24, 2.45) is 0 Å². The molecular weight excluding hydrogens is 364 g/mol. The number of nitrogens with zero attached hydrogens (tertiary/aromatic N) is 2. The molecule has 2 aromatic carbocycles. The largest absolute Gasteiger partial charge is 0.493 e. The molecule has 0 aromatic heterocycles. The Morgan fingerprint density at radius 2 is 1.97 bits per heavy atom. The van der Waals surface area contributed by atoms with Gasteiger partial charge in [0.15, 0.2) is 11.5 Å². The van der Waals surface area contributed by atoms with E-state index in [1.165, 1.54) is 0 Å². The minimum atomic E-state index is -0.0674. The quantitative estimate of drug-likeness (QED) is 0.440.